The minimum Gasteiger partial charge on any atom is -0.324 e. The normalized spacial score (nSPS) is 11.0. The maximum absolute atomic E-state index is 12.3. The first-order chi connectivity index (χ1) is 13.3. The van der Waals surface area contributed by atoms with Crippen LogP contribution in [0.1, 0.15) is 15.9 Å². The lowest BCUT2D eigenvalue weighted by molar-refractivity contribution is 0.0955. The Bertz CT molecular complexity index is 1060. The van der Waals surface area contributed by atoms with Crippen LogP contribution in [0, 0.1) is 0 Å². The summed E-state index contributed by atoms with van der Waals surface area (Å²) in [7, 11) is 0. The molecule has 0 radical (unpaired) electrons. The van der Waals surface area contributed by atoms with E-state index in [-0.39, 0.29) is 5.91 Å². The monoisotopic (exact) mass is 354 g/mol. The van der Waals surface area contributed by atoms with Crippen LogP contribution in [0.15, 0.2) is 103 Å². The summed E-state index contributed by atoms with van der Waals surface area (Å²) in [6, 6.07) is 23.3. The van der Waals surface area contributed by atoms with E-state index in [0.29, 0.717) is 5.56 Å². The summed E-state index contributed by atoms with van der Waals surface area (Å²) in [4.78, 5) is 12.3. The second-order valence-electron chi connectivity index (χ2n) is 6.03. The SMILES string of the molecule is O=C(N/N=C/c1ccn(-c2ccccc2)c1)c1cccc(-n2cccc2)c1. The van der Waals surface area contributed by atoms with Crippen LogP contribution in [0.5, 0.6) is 0 Å². The molecule has 0 spiro atoms. The molecular weight excluding hydrogens is 336 g/mol. The third-order valence-electron chi connectivity index (χ3n) is 4.16. The number of hydrogen-bond acceptors (Lipinski definition) is 2. The van der Waals surface area contributed by atoms with Gasteiger partial charge in [0.2, 0.25) is 0 Å². The molecule has 0 aliphatic rings. The zero-order valence-electron chi connectivity index (χ0n) is 14.6. The van der Waals surface area contributed by atoms with Crippen molar-refractivity contribution in [3.63, 3.8) is 0 Å². The Morgan fingerprint density at radius 3 is 2.41 bits per heavy atom. The second kappa shape index (κ2) is 7.58. The predicted octanol–water partition coefficient (Wildman–Crippen LogP) is 4.03. The van der Waals surface area contributed by atoms with Crippen molar-refractivity contribution in [2.75, 3.05) is 0 Å². The molecule has 132 valence electrons. The molecule has 2 heterocycles. The highest BCUT2D eigenvalue weighted by Gasteiger charge is 2.05. The minimum atomic E-state index is -0.247. The van der Waals surface area contributed by atoms with Crippen LogP contribution in [0.25, 0.3) is 11.4 Å². The third-order valence-corrected chi connectivity index (χ3v) is 4.16. The van der Waals surface area contributed by atoms with Crippen LogP contribution in [-0.2, 0) is 0 Å². The molecule has 27 heavy (non-hydrogen) atoms. The van der Waals surface area contributed by atoms with Crippen LogP contribution in [-0.4, -0.2) is 21.3 Å². The molecule has 0 bridgehead atoms. The van der Waals surface area contributed by atoms with Crippen LogP contribution < -0.4 is 5.43 Å². The first kappa shape index (κ1) is 16.6. The molecule has 0 saturated heterocycles. The van der Waals surface area contributed by atoms with Gasteiger partial charge in [0.25, 0.3) is 5.91 Å². The Kier molecular flexibility index (Phi) is 4.66. The summed E-state index contributed by atoms with van der Waals surface area (Å²) in [6.07, 6.45) is 9.42. The number of nitrogens with zero attached hydrogens (tertiary/aromatic N) is 3. The van der Waals surface area contributed by atoms with Crippen molar-refractivity contribution in [1.29, 1.82) is 0 Å². The van der Waals surface area contributed by atoms with Gasteiger partial charge in [-0.2, -0.15) is 5.10 Å². The summed E-state index contributed by atoms with van der Waals surface area (Å²) in [6.45, 7) is 0. The first-order valence-electron chi connectivity index (χ1n) is 8.60. The maximum Gasteiger partial charge on any atom is 0.271 e. The van der Waals surface area contributed by atoms with Gasteiger partial charge in [-0.25, -0.2) is 5.43 Å². The van der Waals surface area contributed by atoms with E-state index in [9.17, 15) is 4.79 Å². The van der Waals surface area contributed by atoms with Crippen molar-refractivity contribution in [3.8, 4) is 11.4 Å². The lowest BCUT2D eigenvalue weighted by atomic mass is 10.2. The fourth-order valence-corrected chi connectivity index (χ4v) is 2.79. The molecule has 5 nitrogen and oxygen atoms in total. The van der Waals surface area contributed by atoms with Gasteiger partial charge in [0, 0.05) is 47.3 Å². The molecule has 1 amide bonds. The molecule has 0 fully saturated rings. The molecule has 2 aromatic carbocycles. The molecule has 4 aromatic rings. The Morgan fingerprint density at radius 1 is 0.815 bits per heavy atom. The highest BCUT2D eigenvalue weighted by molar-refractivity contribution is 5.95. The molecule has 0 unspecified atom stereocenters. The van der Waals surface area contributed by atoms with Gasteiger partial charge in [-0.3, -0.25) is 4.79 Å². The summed E-state index contributed by atoms with van der Waals surface area (Å²) < 4.78 is 3.95. The first-order valence-corrected chi connectivity index (χ1v) is 8.60. The second-order valence-corrected chi connectivity index (χ2v) is 6.03. The summed E-state index contributed by atoms with van der Waals surface area (Å²) in [5.74, 6) is -0.247. The molecule has 0 aliphatic heterocycles. The van der Waals surface area contributed by atoms with Gasteiger partial charge in [-0.05, 0) is 48.5 Å². The Balaban J connectivity index is 1.42. The molecule has 0 aliphatic carbocycles. The van der Waals surface area contributed by atoms with Crippen molar-refractivity contribution in [3.05, 3.63) is 109 Å². The predicted molar refractivity (Wildman–Crippen MR) is 107 cm³/mol. The number of hydrazone groups is 1. The zero-order chi connectivity index (χ0) is 18.5. The number of benzene rings is 2. The highest BCUT2D eigenvalue weighted by atomic mass is 16.2. The number of hydrogen-bond donors (Lipinski definition) is 1. The minimum absolute atomic E-state index is 0.247. The van der Waals surface area contributed by atoms with Crippen LogP contribution in [0.4, 0.5) is 0 Å². The van der Waals surface area contributed by atoms with E-state index in [0.717, 1.165) is 16.9 Å². The molecule has 0 saturated carbocycles. The number of para-hydroxylation sites is 1. The molecule has 1 N–H and O–H groups in total. The van der Waals surface area contributed by atoms with E-state index < -0.39 is 0 Å². The van der Waals surface area contributed by atoms with E-state index in [1.807, 2.05) is 101 Å². The number of carbonyl (C=O) groups excluding carboxylic acids is 1. The molecule has 2 aromatic heterocycles. The molecule has 4 rings (SSSR count). The fraction of sp³-hybridized carbons (Fsp3) is 0. The van der Waals surface area contributed by atoms with Gasteiger partial charge >= 0.3 is 0 Å². The standard InChI is InChI=1S/C22H18N4O/c27-22(19-7-6-10-21(15-19)25-12-4-5-13-25)24-23-16-18-11-14-26(17-18)20-8-2-1-3-9-20/h1-17H,(H,24,27)/b23-16+. The van der Waals surface area contributed by atoms with Gasteiger partial charge in [-0.1, -0.05) is 24.3 Å². The molecule has 0 atom stereocenters. The van der Waals surface area contributed by atoms with Crippen molar-refractivity contribution < 1.29 is 4.79 Å². The number of nitrogens with one attached hydrogen (secondary N) is 1. The van der Waals surface area contributed by atoms with Gasteiger partial charge in [0.15, 0.2) is 0 Å². The quantitative estimate of drug-likeness (QED) is 0.427. The largest absolute Gasteiger partial charge is 0.324 e. The van der Waals surface area contributed by atoms with Crippen molar-refractivity contribution in [2.24, 2.45) is 5.10 Å². The van der Waals surface area contributed by atoms with E-state index in [1.165, 1.54) is 0 Å². The molecular formula is C22H18N4O. The van der Waals surface area contributed by atoms with E-state index in [4.69, 9.17) is 0 Å². The Hall–Kier alpha value is -3.86. The van der Waals surface area contributed by atoms with E-state index in [1.54, 1.807) is 12.3 Å². The number of carbonyl (C=O) groups is 1. The Labute approximate surface area is 157 Å². The number of rotatable bonds is 5. The van der Waals surface area contributed by atoms with Gasteiger partial charge in [-0.15, -0.1) is 0 Å². The van der Waals surface area contributed by atoms with Crippen molar-refractivity contribution in [2.45, 2.75) is 0 Å². The summed E-state index contributed by atoms with van der Waals surface area (Å²) in [5.41, 5.74) is 6.04. The lowest BCUT2D eigenvalue weighted by Crippen LogP contribution is -2.17. The van der Waals surface area contributed by atoms with Crippen LogP contribution >= 0.6 is 0 Å². The number of aromatic nitrogens is 2. The average molecular weight is 354 g/mol. The van der Waals surface area contributed by atoms with Crippen molar-refractivity contribution in [1.82, 2.24) is 14.6 Å². The summed E-state index contributed by atoms with van der Waals surface area (Å²) >= 11 is 0. The average Bonchev–Trinajstić information content (AvgIpc) is 3.41. The van der Waals surface area contributed by atoms with Crippen LogP contribution in [0.2, 0.25) is 0 Å². The lowest BCUT2D eigenvalue weighted by Gasteiger charge is -2.05. The topological polar surface area (TPSA) is 51.3 Å². The highest BCUT2D eigenvalue weighted by Crippen LogP contribution is 2.11. The Morgan fingerprint density at radius 2 is 1.59 bits per heavy atom. The number of amides is 1. The van der Waals surface area contributed by atoms with Gasteiger partial charge in [0.1, 0.15) is 0 Å². The third kappa shape index (κ3) is 3.88. The molecule has 5 heteroatoms. The zero-order valence-corrected chi connectivity index (χ0v) is 14.6. The van der Waals surface area contributed by atoms with Gasteiger partial charge in [0.05, 0.1) is 6.21 Å². The maximum atomic E-state index is 12.3. The fourth-order valence-electron chi connectivity index (χ4n) is 2.79. The van der Waals surface area contributed by atoms with Gasteiger partial charge < -0.3 is 9.13 Å². The van der Waals surface area contributed by atoms with Crippen LogP contribution in [0.3, 0.4) is 0 Å². The van der Waals surface area contributed by atoms with E-state index >= 15 is 0 Å². The van der Waals surface area contributed by atoms with Crippen molar-refractivity contribution >= 4 is 12.1 Å². The summed E-state index contributed by atoms with van der Waals surface area (Å²) in [5, 5.41) is 4.07. The smallest absolute Gasteiger partial charge is 0.271 e. The van der Waals surface area contributed by atoms with E-state index in [2.05, 4.69) is 10.5 Å².